The average molecular weight is 406 g/mol. The molecule has 1 aliphatic carbocycles. The molecule has 158 valence electrons. The van der Waals surface area contributed by atoms with Crippen LogP contribution >= 0.6 is 0 Å². The van der Waals surface area contributed by atoms with E-state index in [4.69, 9.17) is 4.74 Å². The highest BCUT2D eigenvalue weighted by molar-refractivity contribution is 5.66. The van der Waals surface area contributed by atoms with Crippen molar-refractivity contribution in [3.63, 3.8) is 0 Å². The van der Waals surface area contributed by atoms with Gasteiger partial charge in [-0.3, -0.25) is 9.78 Å². The number of benzene rings is 1. The summed E-state index contributed by atoms with van der Waals surface area (Å²) < 4.78 is 5.11. The van der Waals surface area contributed by atoms with E-state index in [0.717, 1.165) is 18.7 Å². The molecule has 5 heteroatoms. The number of aromatic nitrogens is 2. The molecule has 1 aliphatic rings. The van der Waals surface area contributed by atoms with Crippen LogP contribution < -0.4 is 10.1 Å². The Labute approximate surface area is 178 Å². The zero-order chi connectivity index (χ0) is 21.2. The lowest BCUT2D eigenvalue weighted by molar-refractivity contribution is -0.109. The Kier molecular flexibility index (Phi) is 8.07. The summed E-state index contributed by atoms with van der Waals surface area (Å²) in [4.78, 5) is 17.4. The van der Waals surface area contributed by atoms with Crippen molar-refractivity contribution < 1.29 is 9.53 Å². The number of amides is 1. The Morgan fingerprint density at radius 1 is 1.07 bits per heavy atom. The summed E-state index contributed by atoms with van der Waals surface area (Å²) in [5, 5.41) is 2.78. The number of H-pyrrole nitrogens is 1. The van der Waals surface area contributed by atoms with Gasteiger partial charge in [0.15, 0.2) is 0 Å². The first kappa shape index (κ1) is 21.6. The van der Waals surface area contributed by atoms with Gasteiger partial charge in [-0.15, -0.1) is 0 Å². The van der Waals surface area contributed by atoms with E-state index in [9.17, 15) is 4.79 Å². The predicted molar refractivity (Wildman–Crippen MR) is 121 cm³/mol. The molecule has 2 heterocycles. The molecule has 5 nitrogen and oxygen atoms in total. The van der Waals surface area contributed by atoms with Crippen molar-refractivity contribution in [1.82, 2.24) is 15.3 Å². The maximum atomic E-state index is 10.2. The van der Waals surface area contributed by atoms with Crippen LogP contribution in [0.15, 0.2) is 61.2 Å². The first-order valence-electron chi connectivity index (χ1n) is 10.6. The van der Waals surface area contributed by atoms with E-state index in [1.54, 1.807) is 7.11 Å². The van der Waals surface area contributed by atoms with Gasteiger partial charge in [-0.25, -0.2) is 0 Å². The quantitative estimate of drug-likeness (QED) is 0.561. The van der Waals surface area contributed by atoms with E-state index in [0.29, 0.717) is 11.8 Å². The number of aromatic amines is 1. The lowest BCUT2D eigenvalue weighted by Gasteiger charge is -2.28. The SMILES string of the molecule is COc1ccc(-c2c[nH]cc2C)cc1.O=CNCC1CCC(c2ccncc2)CC1. The van der Waals surface area contributed by atoms with Gasteiger partial charge in [0.05, 0.1) is 7.11 Å². The molecule has 2 aromatic heterocycles. The van der Waals surface area contributed by atoms with E-state index in [1.165, 1.54) is 47.9 Å². The largest absolute Gasteiger partial charge is 0.497 e. The molecule has 0 bridgehead atoms. The molecule has 0 aliphatic heterocycles. The van der Waals surface area contributed by atoms with Crippen molar-refractivity contribution in [2.45, 2.75) is 38.5 Å². The van der Waals surface area contributed by atoms with Crippen LogP contribution in [0.3, 0.4) is 0 Å². The van der Waals surface area contributed by atoms with Crippen molar-refractivity contribution >= 4 is 6.41 Å². The number of pyridine rings is 1. The number of aryl methyl sites for hydroxylation is 1. The molecule has 2 N–H and O–H groups in total. The fourth-order valence-corrected chi connectivity index (χ4v) is 4.07. The van der Waals surface area contributed by atoms with Crippen molar-refractivity contribution in [1.29, 1.82) is 0 Å². The van der Waals surface area contributed by atoms with Crippen molar-refractivity contribution in [3.8, 4) is 16.9 Å². The van der Waals surface area contributed by atoms with Gasteiger partial charge in [0.25, 0.3) is 0 Å². The Morgan fingerprint density at radius 2 is 1.77 bits per heavy atom. The molecule has 0 radical (unpaired) electrons. The Bertz CT molecular complexity index is 882. The summed E-state index contributed by atoms with van der Waals surface area (Å²) in [6, 6.07) is 12.3. The molecule has 1 fully saturated rings. The third kappa shape index (κ3) is 5.96. The van der Waals surface area contributed by atoms with Gasteiger partial charge in [0.1, 0.15) is 5.75 Å². The van der Waals surface area contributed by atoms with Crippen molar-refractivity contribution in [3.05, 3.63) is 72.3 Å². The predicted octanol–water partition coefficient (Wildman–Crippen LogP) is 5.10. The average Bonchev–Trinajstić information content (AvgIpc) is 3.25. The maximum absolute atomic E-state index is 10.2. The Hall–Kier alpha value is -3.08. The molecule has 0 atom stereocenters. The minimum absolute atomic E-state index is 0.670. The molecule has 4 rings (SSSR count). The van der Waals surface area contributed by atoms with Crippen molar-refractivity contribution in [2.75, 3.05) is 13.7 Å². The smallest absolute Gasteiger partial charge is 0.207 e. The number of carbonyl (C=O) groups is 1. The van der Waals surface area contributed by atoms with Gasteiger partial charge in [0, 0.05) is 36.9 Å². The standard InChI is InChI=1S/C13H18N2O.C12H13NO/c16-10-15-9-11-1-3-12(4-2-11)13-5-7-14-8-6-13;1-9-7-13-8-12(9)10-3-5-11(14-2)6-4-10/h5-8,10-12H,1-4,9H2,(H,15,16);3-8,13H,1-2H3. The Balaban J connectivity index is 0.000000172. The van der Waals surface area contributed by atoms with Crippen LogP contribution in [-0.4, -0.2) is 30.0 Å². The number of carbonyl (C=O) groups excluding carboxylic acids is 1. The lowest BCUT2D eigenvalue weighted by atomic mass is 9.79. The van der Waals surface area contributed by atoms with Crippen LogP contribution in [0.2, 0.25) is 0 Å². The molecule has 1 aromatic carbocycles. The van der Waals surface area contributed by atoms with Crippen molar-refractivity contribution in [2.24, 2.45) is 5.92 Å². The zero-order valence-electron chi connectivity index (χ0n) is 17.8. The highest BCUT2D eigenvalue weighted by Gasteiger charge is 2.21. The van der Waals surface area contributed by atoms with E-state index >= 15 is 0 Å². The first-order chi connectivity index (χ1) is 14.7. The van der Waals surface area contributed by atoms with Gasteiger partial charge in [-0.1, -0.05) is 12.1 Å². The summed E-state index contributed by atoms with van der Waals surface area (Å²) >= 11 is 0. The molecule has 30 heavy (non-hydrogen) atoms. The lowest BCUT2D eigenvalue weighted by Crippen LogP contribution is -2.25. The summed E-state index contributed by atoms with van der Waals surface area (Å²) in [5.41, 5.74) is 5.13. The summed E-state index contributed by atoms with van der Waals surface area (Å²) in [6.45, 7) is 2.93. The molecule has 0 saturated heterocycles. The second kappa shape index (κ2) is 11.2. The van der Waals surface area contributed by atoms with E-state index in [2.05, 4.69) is 46.5 Å². The molecular weight excluding hydrogens is 374 g/mol. The highest BCUT2D eigenvalue weighted by Crippen LogP contribution is 2.35. The third-order valence-corrected chi connectivity index (χ3v) is 5.87. The van der Waals surface area contributed by atoms with Crippen LogP contribution in [0.1, 0.15) is 42.7 Å². The minimum Gasteiger partial charge on any atom is -0.497 e. The van der Waals surface area contributed by atoms with E-state index in [-0.39, 0.29) is 0 Å². The summed E-state index contributed by atoms with van der Waals surface area (Å²) in [7, 11) is 1.68. The van der Waals surface area contributed by atoms with Gasteiger partial charge in [-0.05, 0) is 85.4 Å². The molecule has 1 saturated carbocycles. The molecule has 3 aromatic rings. The van der Waals surface area contributed by atoms with Gasteiger partial charge in [0.2, 0.25) is 6.41 Å². The normalized spacial score (nSPS) is 18.1. The zero-order valence-corrected chi connectivity index (χ0v) is 17.8. The molecule has 0 unspecified atom stereocenters. The second-order valence-corrected chi connectivity index (χ2v) is 7.80. The number of methoxy groups -OCH3 is 1. The number of ether oxygens (including phenoxy) is 1. The van der Waals surface area contributed by atoms with E-state index in [1.807, 2.05) is 36.9 Å². The van der Waals surface area contributed by atoms with Crippen LogP contribution in [0.5, 0.6) is 5.75 Å². The van der Waals surface area contributed by atoms with E-state index < -0.39 is 0 Å². The fourth-order valence-electron chi connectivity index (χ4n) is 4.07. The minimum atomic E-state index is 0.670. The number of nitrogens with zero attached hydrogens (tertiary/aromatic N) is 1. The monoisotopic (exact) mass is 405 g/mol. The number of hydrogen-bond acceptors (Lipinski definition) is 3. The van der Waals surface area contributed by atoms with Gasteiger partial charge >= 0.3 is 0 Å². The first-order valence-corrected chi connectivity index (χ1v) is 10.6. The molecular formula is C25H31N3O2. The number of hydrogen-bond donors (Lipinski definition) is 2. The summed E-state index contributed by atoms with van der Waals surface area (Å²) in [6.07, 6.45) is 13.4. The van der Waals surface area contributed by atoms with Crippen LogP contribution in [0.25, 0.3) is 11.1 Å². The molecule has 0 spiro atoms. The van der Waals surface area contributed by atoms with Crippen LogP contribution in [-0.2, 0) is 4.79 Å². The number of rotatable bonds is 6. The maximum Gasteiger partial charge on any atom is 0.207 e. The van der Waals surface area contributed by atoms with Crippen LogP contribution in [0, 0.1) is 12.8 Å². The third-order valence-electron chi connectivity index (χ3n) is 5.87. The Morgan fingerprint density at radius 3 is 2.33 bits per heavy atom. The number of nitrogens with one attached hydrogen (secondary N) is 2. The molecule has 1 amide bonds. The topological polar surface area (TPSA) is 67.0 Å². The highest BCUT2D eigenvalue weighted by atomic mass is 16.5. The van der Waals surface area contributed by atoms with Gasteiger partial charge in [-0.2, -0.15) is 0 Å². The van der Waals surface area contributed by atoms with Gasteiger partial charge < -0.3 is 15.0 Å². The summed E-state index contributed by atoms with van der Waals surface area (Å²) in [5.74, 6) is 2.25. The van der Waals surface area contributed by atoms with Crippen LogP contribution in [0.4, 0.5) is 0 Å². The second-order valence-electron chi connectivity index (χ2n) is 7.80. The fraction of sp³-hybridized carbons (Fsp3) is 0.360.